The maximum Gasteiger partial charge on any atom is 0.0914 e. The van der Waals surface area contributed by atoms with Crippen molar-refractivity contribution in [1.82, 2.24) is 0 Å². The Kier molecular flexibility index (Phi) is 4.40. The van der Waals surface area contributed by atoms with Gasteiger partial charge >= 0.3 is 0 Å². The zero-order valence-corrected chi connectivity index (χ0v) is 12.7. The Balaban J connectivity index is 4.73. The van der Waals surface area contributed by atoms with Crippen LogP contribution in [-0.2, 0) is 0 Å². The largest absolute Gasteiger partial charge is 0.393 e. The van der Waals surface area contributed by atoms with Crippen LogP contribution in [0.4, 0.5) is 0 Å². The molecular weight excluding hydrogens is 200 g/mol. The highest BCUT2D eigenvalue weighted by Crippen LogP contribution is 2.38. The standard InChI is InChI=1S/C13H28OSi/c1-12(2,3)10-9-11(14)15(7,8)13(4,5)6/h9-11,14H,1-8H3. The van der Waals surface area contributed by atoms with E-state index < -0.39 is 8.07 Å². The summed E-state index contributed by atoms with van der Waals surface area (Å²) in [6, 6.07) is 0. The van der Waals surface area contributed by atoms with Crippen molar-refractivity contribution in [3.05, 3.63) is 12.2 Å². The van der Waals surface area contributed by atoms with Crippen molar-refractivity contribution in [3.63, 3.8) is 0 Å². The average Bonchev–Trinajstić information content (AvgIpc) is 1.96. The van der Waals surface area contributed by atoms with Gasteiger partial charge in [-0.05, 0) is 10.5 Å². The van der Waals surface area contributed by atoms with Crippen LogP contribution in [0.5, 0.6) is 0 Å². The summed E-state index contributed by atoms with van der Waals surface area (Å²) in [7, 11) is -1.64. The Bertz CT molecular complexity index is 228. The number of allylic oxidation sites excluding steroid dienone is 1. The first-order valence-corrected chi connectivity index (χ1v) is 8.83. The van der Waals surface area contributed by atoms with Gasteiger partial charge in [-0.3, -0.25) is 0 Å². The first-order valence-electron chi connectivity index (χ1n) is 5.75. The van der Waals surface area contributed by atoms with E-state index in [-0.39, 0.29) is 16.2 Å². The second kappa shape index (κ2) is 4.42. The Morgan fingerprint density at radius 1 is 1.00 bits per heavy atom. The van der Waals surface area contributed by atoms with E-state index in [1.807, 2.05) is 6.08 Å². The lowest BCUT2D eigenvalue weighted by atomic mass is 9.96. The fraction of sp³-hybridized carbons (Fsp3) is 0.846. The Labute approximate surface area is 96.6 Å². The highest BCUT2D eigenvalue weighted by molar-refractivity contribution is 6.81. The molecular formula is C13H28OSi. The maximum atomic E-state index is 10.3. The third-order valence-corrected chi connectivity index (χ3v) is 8.99. The summed E-state index contributed by atoms with van der Waals surface area (Å²) < 4.78 is 0. The van der Waals surface area contributed by atoms with Crippen LogP contribution in [0.25, 0.3) is 0 Å². The van der Waals surface area contributed by atoms with Crippen LogP contribution >= 0.6 is 0 Å². The van der Waals surface area contributed by atoms with E-state index in [1.165, 1.54) is 0 Å². The fourth-order valence-electron chi connectivity index (χ4n) is 1.06. The van der Waals surface area contributed by atoms with Crippen molar-refractivity contribution < 1.29 is 5.11 Å². The Morgan fingerprint density at radius 3 is 1.67 bits per heavy atom. The highest BCUT2D eigenvalue weighted by atomic mass is 28.3. The molecule has 0 saturated heterocycles. The van der Waals surface area contributed by atoms with E-state index >= 15 is 0 Å². The van der Waals surface area contributed by atoms with Gasteiger partial charge in [0.1, 0.15) is 0 Å². The Hall–Kier alpha value is -0.0831. The smallest absolute Gasteiger partial charge is 0.0914 e. The first-order chi connectivity index (χ1) is 6.38. The van der Waals surface area contributed by atoms with Gasteiger partial charge in [-0.15, -0.1) is 0 Å². The second-order valence-corrected chi connectivity index (χ2v) is 12.7. The topological polar surface area (TPSA) is 20.2 Å². The molecule has 0 aromatic heterocycles. The molecule has 0 saturated carbocycles. The summed E-state index contributed by atoms with van der Waals surface area (Å²) in [5.74, 6) is 0. The number of aliphatic hydroxyl groups is 1. The SMILES string of the molecule is CC(C)(C)C=CC(O)[Si](C)(C)C(C)(C)C. The van der Waals surface area contributed by atoms with Crippen molar-refractivity contribution in [2.75, 3.05) is 0 Å². The molecule has 0 bridgehead atoms. The van der Waals surface area contributed by atoms with Crippen molar-refractivity contribution in [1.29, 1.82) is 0 Å². The first kappa shape index (κ1) is 14.9. The highest BCUT2D eigenvalue weighted by Gasteiger charge is 2.40. The normalized spacial score (nSPS) is 17.1. The zero-order chi connectivity index (χ0) is 12.5. The summed E-state index contributed by atoms with van der Waals surface area (Å²) in [6.07, 6.45) is 4.12. The zero-order valence-electron chi connectivity index (χ0n) is 11.7. The van der Waals surface area contributed by atoms with Gasteiger partial charge in [0.2, 0.25) is 0 Å². The molecule has 0 heterocycles. The number of hydrogen-bond acceptors (Lipinski definition) is 1. The maximum absolute atomic E-state index is 10.3. The van der Waals surface area contributed by atoms with E-state index in [2.05, 4.69) is 60.7 Å². The summed E-state index contributed by atoms with van der Waals surface area (Å²) in [5.41, 5.74) is -0.0969. The Morgan fingerprint density at radius 2 is 1.40 bits per heavy atom. The molecule has 0 aliphatic carbocycles. The minimum Gasteiger partial charge on any atom is -0.393 e. The van der Waals surface area contributed by atoms with Crippen molar-refractivity contribution in [2.24, 2.45) is 5.41 Å². The minimum atomic E-state index is -1.64. The van der Waals surface area contributed by atoms with Crippen molar-refractivity contribution >= 4 is 8.07 Å². The van der Waals surface area contributed by atoms with E-state index in [0.717, 1.165) is 0 Å². The monoisotopic (exact) mass is 228 g/mol. The number of aliphatic hydroxyl groups excluding tert-OH is 1. The molecule has 0 amide bonds. The van der Waals surface area contributed by atoms with Gasteiger partial charge < -0.3 is 5.11 Å². The lowest BCUT2D eigenvalue weighted by molar-refractivity contribution is 0.282. The third-order valence-electron chi connectivity index (χ3n) is 3.45. The van der Waals surface area contributed by atoms with Gasteiger partial charge in [-0.1, -0.05) is 66.8 Å². The molecule has 0 rings (SSSR count). The molecule has 0 spiro atoms. The van der Waals surface area contributed by atoms with Gasteiger partial charge in [0.25, 0.3) is 0 Å². The summed E-state index contributed by atoms with van der Waals surface area (Å²) in [4.78, 5) is 0. The molecule has 90 valence electrons. The molecule has 0 aromatic rings. The van der Waals surface area contributed by atoms with E-state index in [1.54, 1.807) is 0 Å². The van der Waals surface area contributed by atoms with Gasteiger partial charge in [-0.2, -0.15) is 0 Å². The number of rotatable bonds is 2. The van der Waals surface area contributed by atoms with Crippen LogP contribution in [-0.4, -0.2) is 18.9 Å². The summed E-state index contributed by atoms with van der Waals surface area (Å²) in [6.45, 7) is 17.7. The van der Waals surface area contributed by atoms with Crippen molar-refractivity contribution in [3.8, 4) is 0 Å². The van der Waals surface area contributed by atoms with Crippen LogP contribution < -0.4 is 0 Å². The van der Waals surface area contributed by atoms with Crippen LogP contribution in [0.3, 0.4) is 0 Å². The van der Waals surface area contributed by atoms with Gasteiger partial charge in [0.15, 0.2) is 0 Å². The van der Waals surface area contributed by atoms with E-state index in [9.17, 15) is 5.11 Å². The molecule has 1 N–H and O–H groups in total. The minimum absolute atomic E-state index is 0.156. The average molecular weight is 228 g/mol. The van der Waals surface area contributed by atoms with E-state index in [4.69, 9.17) is 0 Å². The second-order valence-electron chi connectivity index (χ2n) is 7.14. The van der Waals surface area contributed by atoms with Crippen LogP contribution in [0.2, 0.25) is 18.1 Å². The predicted molar refractivity (Wildman–Crippen MR) is 71.8 cm³/mol. The number of hydrogen-bond donors (Lipinski definition) is 1. The third kappa shape index (κ3) is 4.52. The molecule has 0 aromatic carbocycles. The van der Waals surface area contributed by atoms with E-state index in [0.29, 0.717) is 0 Å². The molecule has 15 heavy (non-hydrogen) atoms. The molecule has 1 atom stereocenters. The van der Waals surface area contributed by atoms with Crippen LogP contribution in [0.15, 0.2) is 12.2 Å². The lowest BCUT2D eigenvalue weighted by Crippen LogP contribution is -2.48. The molecule has 1 unspecified atom stereocenters. The summed E-state index contributed by atoms with van der Waals surface area (Å²) in [5, 5.41) is 10.5. The van der Waals surface area contributed by atoms with Gasteiger partial charge in [0.05, 0.1) is 13.8 Å². The molecule has 2 heteroatoms. The molecule has 1 nitrogen and oxygen atoms in total. The van der Waals surface area contributed by atoms with Crippen molar-refractivity contribution in [2.45, 2.75) is 65.4 Å². The lowest BCUT2D eigenvalue weighted by Gasteiger charge is -2.39. The molecule has 0 radical (unpaired) electrons. The molecule has 0 aliphatic heterocycles. The van der Waals surface area contributed by atoms with Gasteiger partial charge in [-0.25, -0.2) is 0 Å². The fourth-order valence-corrected chi connectivity index (χ4v) is 2.53. The molecule has 0 aliphatic rings. The quantitative estimate of drug-likeness (QED) is 0.559. The molecule has 0 fully saturated rings. The predicted octanol–water partition coefficient (Wildman–Crippen LogP) is 4.00. The summed E-state index contributed by atoms with van der Waals surface area (Å²) >= 11 is 0. The van der Waals surface area contributed by atoms with Crippen LogP contribution in [0, 0.1) is 5.41 Å². The van der Waals surface area contributed by atoms with Crippen LogP contribution in [0.1, 0.15) is 41.5 Å². The van der Waals surface area contributed by atoms with Gasteiger partial charge in [0, 0.05) is 0 Å².